The molecule has 1 saturated heterocycles. The first-order valence-corrected chi connectivity index (χ1v) is 7.76. The maximum Gasteiger partial charge on any atom is 0.356 e. The summed E-state index contributed by atoms with van der Waals surface area (Å²) in [5.74, 6) is -1.47. The lowest BCUT2D eigenvalue weighted by Crippen LogP contribution is -2.51. The van der Waals surface area contributed by atoms with Crippen molar-refractivity contribution >= 4 is 11.6 Å². The minimum atomic E-state index is -1.24. The van der Waals surface area contributed by atoms with E-state index in [-0.39, 0.29) is 23.1 Å². The molecule has 0 saturated carbocycles. The molecule has 8 heteroatoms. The Morgan fingerprint density at radius 2 is 2.04 bits per heavy atom. The van der Waals surface area contributed by atoms with Gasteiger partial charge in [-0.05, 0) is 25.2 Å². The molecule has 0 bridgehead atoms. The highest BCUT2D eigenvalue weighted by atomic mass is 19.1. The Morgan fingerprint density at radius 1 is 1.28 bits per heavy atom. The Balaban J connectivity index is 1.81. The zero-order valence-electron chi connectivity index (χ0n) is 13.4. The third-order valence-corrected chi connectivity index (χ3v) is 4.10. The topological polar surface area (TPSA) is 80.0 Å². The minimum absolute atomic E-state index is 0.0257. The van der Waals surface area contributed by atoms with Crippen LogP contribution >= 0.6 is 0 Å². The summed E-state index contributed by atoms with van der Waals surface area (Å²) < 4.78 is 21.0. The lowest BCUT2D eigenvalue weighted by molar-refractivity contribution is 0.0346. The van der Waals surface area contributed by atoms with E-state index in [1.165, 1.54) is 22.7 Å². The summed E-state index contributed by atoms with van der Waals surface area (Å²) >= 11 is 0. The van der Waals surface area contributed by atoms with E-state index in [9.17, 15) is 14.3 Å². The number of carboxylic acids is 1. The van der Waals surface area contributed by atoms with Crippen LogP contribution in [0.1, 0.15) is 10.5 Å². The predicted octanol–water partition coefficient (Wildman–Crippen LogP) is 1.93. The number of imidazole rings is 1. The van der Waals surface area contributed by atoms with Crippen molar-refractivity contribution in [1.82, 2.24) is 19.5 Å². The first-order chi connectivity index (χ1) is 12.0. The summed E-state index contributed by atoms with van der Waals surface area (Å²) in [6.45, 7) is 1.58. The van der Waals surface area contributed by atoms with Gasteiger partial charge in [0.25, 0.3) is 0 Å². The Morgan fingerprint density at radius 3 is 2.72 bits per heavy atom. The number of aromatic nitrogens is 3. The van der Waals surface area contributed by atoms with Gasteiger partial charge in [-0.25, -0.2) is 18.7 Å². The highest BCUT2D eigenvalue weighted by Gasteiger charge is 2.27. The van der Waals surface area contributed by atoms with Crippen LogP contribution in [-0.2, 0) is 0 Å². The standard InChI is InChI=1S/C17H15FN4O3/c1-21-8-10(9-21)25-14-7-6-13-19-15(11-4-2-3-5-12(11)18)16(17(23)24)22(13)20-14/h2-7,10H,8-9H2,1H3,(H,23,24). The molecule has 0 atom stereocenters. The van der Waals surface area contributed by atoms with Crippen LogP contribution in [0.4, 0.5) is 4.39 Å². The number of likely N-dealkylation sites (N-methyl/N-ethyl adjacent to an activating group) is 1. The van der Waals surface area contributed by atoms with Crippen molar-refractivity contribution in [3.63, 3.8) is 0 Å². The zero-order chi connectivity index (χ0) is 17.6. The molecule has 1 aliphatic heterocycles. The van der Waals surface area contributed by atoms with Gasteiger partial charge in [-0.1, -0.05) is 12.1 Å². The van der Waals surface area contributed by atoms with E-state index in [2.05, 4.69) is 15.0 Å². The molecule has 2 aromatic heterocycles. The molecule has 4 rings (SSSR count). The molecule has 25 heavy (non-hydrogen) atoms. The second-order valence-electron chi connectivity index (χ2n) is 6.00. The van der Waals surface area contributed by atoms with Gasteiger partial charge in [0.05, 0.1) is 0 Å². The molecule has 0 amide bonds. The fourth-order valence-electron chi connectivity index (χ4n) is 2.90. The van der Waals surface area contributed by atoms with Gasteiger partial charge in [-0.15, -0.1) is 5.10 Å². The van der Waals surface area contributed by atoms with E-state index < -0.39 is 11.8 Å². The van der Waals surface area contributed by atoms with E-state index in [0.717, 1.165) is 13.1 Å². The Bertz CT molecular complexity index is 966. The van der Waals surface area contributed by atoms with Crippen molar-refractivity contribution in [3.8, 4) is 17.1 Å². The normalized spacial score (nSPS) is 15.3. The monoisotopic (exact) mass is 342 g/mol. The zero-order valence-corrected chi connectivity index (χ0v) is 13.4. The number of benzene rings is 1. The maximum absolute atomic E-state index is 14.1. The summed E-state index contributed by atoms with van der Waals surface area (Å²) in [6.07, 6.45) is 0.0257. The molecule has 0 radical (unpaired) electrons. The fraction of sp³-hybridized carbons (Fsp3) is 0.235. The van der Waals surface area contributed by atoms with Crippen molar-refractivity contribution in [2.75, 3.05) is 20.1 Å². The number of ether oxygens (including phenoxy) is 1. The molecular formula is C17H15FN4O3. The average molecular weight is 342 g/mol. The van der Waals surface area contributed by atoms with Gasteiger partial charge in [0, 0.05) is 24.7 Å². The van der Waals surface area contributed by atoms with E-state index in [1.807, 2.05) is 7.05 Å². The van der Waals surface area contributed by atoms with Crippen LogP contribution in [0.2, 0.25) is 0 Å². The summed E-state index contributed by atoms with van der Waals surface area (Å²) in [7, 11) is 1.98. The fourth-order valence-corrected chi connectivity index (χ4v) is 2.90. The Labute approximate surface area is 142 Å². The lowest BCUT2D eigenvalue weighted by Gasteiger charge is -2.35. The number of likely N-dealkylation sites (tertiary alicyclic amines) is 1. The number of halogens is 1. The van der Waals surface area contributed by atoms with Gasteiger partial charge >= 0.3 is 5.97 Å². The quantitative estimate of drug-likeness (QED) is 0.780. The van der Waals surface area contributed by atoms with Crippen LogP contribution in [0.3, 0.4) is 0 Å². The van der Waals surface area contributed by atoms with Crippen molar-refractivity contribution in [2.45, 2.75) is 6.10 Å². The highest BCUT2D eigenvalue weighted by Crippen LogP contribution is 2.27. The molecule has 1 aromatic carbocycles. The van der Waals surface area contributed by atoms with Crippen LogP contribution in [-0.4, -0.2) is 56.8 Å². The summed E-state index contributed by atoms with van der Waals surface area (Å²) in [6, 6.07) is 9.17. The molecule has 3 heterocycles. The van der Waals surface area contributed by atoms with Crippen molar-refractivity contribution in [3.05, 3.63) is 47.9 Å². The molecule has 1 fully saturated rings. The molecular weight excluding hydrogens is 327 g/mol. The highest BCUT2D eigenvalue weighted by molar-refractivity contribution is 5.94. The number of hydrogen-bond acceptors (Lipinski definition) is 5. The number of aromatic carboxylic acids is 1. The molecule has 3 aromatic rings. The van der Waals surface area contributed by atoms with Crippen LogP contribution in [0.15, 0.2) is 36.4 Å². The third kappa shape index (κ3) is 2.70. The average Bonchev–Trinajstić information content (AvgIpc) is 2.92. The van der Waals surface area contributed by atoms with E-state index in [4.69, 9.17) is 4.74 Å². The van der Waals surface area contributed by atoms with Crippen LogP contribution in [0, 0.1) is 5.82 Å². The number of carboxylic acid groups (broad SMARTS) is 1. The molecule has 0 unspecified atom stereocenters. The molecule has 1 aliphatic rings. The molecule has 1 N–H and O–H groups in total. The first-order valence-electron chi connectivity index (χ1n) is 7.76. The van der Waals surface area contributed by atoms with Crippen molar-refractivity contribution < 1.29 is 19.0 Å². The van der Waals surface area contributed by atoms with Gasteiger partial charge in [0.15, 0.2) is 11.3 Å². The second kappa shape index (κ2) is 5.82. The van der Waals surface area contributed by atoms with E-state index >= 15 is 0 Å². The summed E-state index contributed by atoms with van der Waals surface area (Å²) in [5, 5.41) is 13.8. The van der Waals surface area contributed by atoms with Crippen molar-refractivity contribution in [2.24, 2.45) is 0 Å². The lowest BCUT2D eigenvalue weighted by atomic mass is 10.1. The molecule has 0 spiro atoms. The van der Waals surface area contributed by atoms with Crippen LogP contribution in [0.25, 0.3) is 16.9 Å². The molecule has 128 valence electrons. The number of hydrogen-bond donors (Lipinski definition) is 1. The second-order valence-corrected chi connectivity index (χ2v) is 6.00. The third-order valence-electron chi connectivity index (χ3n) is 4.10. The first kappa shape index (κ1) is 15.5. The van der Waals surface area contributed by atoms with Crippen LogP contribution in [0.5, 0.6) is 5.88 Å². The van der Waals surface area contributed by atoms with Gasteiger partial charge in [0.1, 0.15) is 17.6 Å². The van der Waals surface area contributed by atoms with Gasteiger partial charge < -0.3 is 9.84 Å². The van der Waals surface area contributed by atoms with Gasteiger partial charge in [-0.2, -0.15) is 0 Å². The molecule has 0 aliphatic carbocycles. The smallest absolute Gasteiger partial charge is 0.356 e. The minimum Gasteiger partial charge on any atom is -0.476 e. The number of carbonyl (C=O) groups is 1. The largest absolute Gasteiger partial charge is 0.476 e. The van der Waals surface area contributed by atoms with Gasteiger partial charge in [-0.3, -0.25) is 4.90 Å². The van der Waals surface area contributed by atoms with E-state index in [0.29, 0.717) is 11.5 Å². The number of fused-ring (bicyclic) bond motifs is 1. The maximum atomic E-state index is 14.1. The summed E-state index contributed by atoms with van der Waals surface area (Å²) in [5.41, 5.74) is 0.275. The van der Waals surface area contributed by atoms with E-state index in [1.54, 1.807) is 18.2 Å². The Hall–Kier alpha value is -3.00. The number of nitrogens with zero attached hydrogens (tertiary/aromatic N) is 4. The Kier molecular flexibility index (Phi) is 3.61. The summed E-state index contributed by atoms with van der Waals surface area (Å²) in [4.78, 5) is 18.1. The van der Waals surface area contributed by atoms with Crippen molar-refractivity contribution in [1.29, 1.82) is 0 Å². The SMILES string of the molecule is CN1CC(Oc2ccc3nc(-c4ccccc4F)c(C(=O)O)n3n2)C1. The van der Waals surface area contributed by atoms with Crippen LogP contribution < -0.4 is 4.74 Å². The van der Waals surface area contributed by atoms with Gasteiger partial charge in [0.2, 0.25) is 5.88 Å². The predicted molar refractivity (Wildman–Crippen MR) is 87.3 cm³/mol. The molecule has 7 nitrogen and oxygen atoms in total. The number of rotatable bonds is 4.